The van der Waals surface area contributed by atoms with E-state index in [1.807, 2.05) is 0 Å². The monoisotopic (exact) mass is 297 g/mol. The van der Waals surface area contributed by atoms with Crippen molar-refractivity contribution in [3.05, 3.63) is 24.3 Å². The highest BCUT2D eigenvalue weighted by Crippen LogP contribution is 2.32. The van der Waals surface area contributed by atoms with Gasteiger partial charge >= 0.3 is 0 Å². The Labute approximate surface area is 118 Å². The van der Waals surface area contributed by atoms with Crippen molar-refractivity contribution in [2.75, 3.05) is 10.0 Å². The first kappa shape index (κ1) is 14.8. The van der Waals surface area contributed by atoms with Gasteiger partial charge in [-0.3, -0.25) is 9.52 Å². The van der Waals surface area contributed by atoms with Gasteiger partial charge in [0, 0.05) is 11.6 Å². The summed E-state index contributed by atoms with van der Waals surface area (Å²) in [5, 5.41) is 7.74. The van der Waals surface area contributed by atoms with Gasteiger partial charge in [0.2, 0.25) is 5.91 Å². The average Bonchev–Trinajstić information content (AvgIpc) is 2.73. The summed E-state index contributed by atoms with van der Waals surface area (Å²) in [6.07, 6.45) is 3.06. The minimum absolute atomic E-state index is 0.0113. The molecule has 0 spiro atoms. The quantitative estimate of drug-likeness (QED) is 0.788. The second kappa shape index (κ2) is 5.80. The van der Waals surface area contributed by atoms with Crippen LogP contribution in [0.1, 0.15) is 26.2 Å². The maximum Gasteiger partial charge on any atom is 0.296 e. The Morgan fingerprint density at radius 3 is 2.60 bits per heavy atom. The van der Waals surface area contributed by atoms with Gasteiger partial charge in [-0.05, 0) is 37.0 Å². The van der Waals surface area contributed by atoms with Crippen LogP contribution >= 0.6 is 0 Å². The molecule has 20 heavy (non-hydrogen) atoms. The molecule has 2 rings (SSSR count). The molecular weight excluding hydrogens is 278 g/mol. The highest BCUT2D eigenvalue weighted by atomic mass is 32.2. The molecule has 0 aliphatic heterocycles. The SMILES string of the molecule is CC1CCCC1C(=O)Nc1cccc(NS(N)(=O)=O)c1. The molecule has 1 aliphatic rings. The summed E-state index contributed by atoms with van der Waals surface area (Å²) in [7, 11) is -3.81. The molecule has 0 aromatic heterocycles. The Morgan fingerprint density at radius 2 is 2.00 bits per heavy atom. The van der Waals surface area contributed by atoms with Crippen LogP contribution in [0, 0.1) is 11.8 Å². The molecule has 4 N–H and O–H groups in total. The van der Waals surface area contributed by atoms with Crippen molar-refractivity contribution in [1.82, 2.24) is 0 Å². The molecule has 0 heterocycles. The molecule has 1 amide bonds. The largest absolute Gasteiger partial charge is 0.326 e. The predicted molar refractivity (Wildman–Crippen MR) is 78.3 cm³/mol. The molecule has 2 unspecified atom stereocenters. The molecule has 0 saturated heterocycles. The Kier molecular flexibility index (Phi) is 4.29. The maximum atomic E-state index is 12.1. The van der Waals surface area contributed by atoms with Crippen LogP contribution in [0.4, 0.5) is 11.4 Å². The highest BCUT2D eigenvalue weighted by molar-refractivity contribution is 7.90. The van der Waals surface area contributed by atoms with Crippen molar-refractivity contribution < 1.29 is 13.2 Å². The van der Waals surface area contributed by atoms with Gasteiger partial charge in [0.1, 0.15) is 0 Å². The number of anilines is 2. The van der Waals surface area contributed by atoms with E-state index in [-0.39, 0.29) is 11.8 Å². The number of rotatable bonds is 4. The Balaban J connectivity index is 2.06. The first-order valence-electron chi connectivity index (χ1n) is 6.56. The van der Waals surface area contributed by atoms with Gasteiger partial charge < -0.3 is 5.32 Å². The maximum absolute atomic E-state index is 12.1. The number of carbonyl (C=O) groups is 1. The molecule has 0 bridgehead atoms. The van der Waals surface area contributed by atoms with E-state index in [0.29, 0.717) is 17.3 Å². The van der Waals surface area contributed by atoms with E-state index in [2.05, 4.69) is 17.0 Å². The summed E-state index contributed by atoms with van der Waals surface area (Å²) in [5.74, 6) is 0.410. The van der Waals surface area contributed by atoms with Crippen LogP contribution in [0.25, 0.3) is 0 Å². The summed E-state index contributed by atoms with van der Waals surface area (Å²) in [6.45, 7) is 2.08. The first-order chi connectivity index (χ1) is 9.35. The van der Waals surface area contributed by atoms with Crippen molar-refractivity contribution >= 4 is 27.5 Å². The zero-order valence-corrected chi connectivity index (χ0v) is 12.1. The number of amides is 1. The van der Waals surface area contributed by atoms with Crippen molar-refractivity contribution in [1.29, 1.82) is 0 Å². The van der Waals surface area contributed by atoms with Crippen LogP contribution < -0.4 is 15.2 Å². The van der Waals surface area contributed by atoms with Crippen LogP contribution in [0.5, 0.6) is 0 Å². The van der Waals surface area contributed by atoms with E-state index >= 15 is 0 Å². The third-order valence-corrected chi connectivity index (χ3v) is 4.11. The highest BCUT2D eigenvalue weighted by Gasteiger charge is 2.29. The zero-order chi connectivity index (χ0) is 14.8. The topological polar surface area (TPSA) is 101 Å². The van der Waals surface area contributed by atoms with Crippen LogP contribution in [-0.4, -0.2) is 14.3 Å². The third-order valence-electron chi connectivity index (χ3n) is 3.59. The Morgan fingerprint density at radius 1 is 1.30 bits per heavy atom. The average molecular weight is 297 g/mol. The lowest BCUT2D eigenvalue weighted by molar-refractivity contribution is -0.120. The van der Waals surface area contributed by atoms with Gasteiger partial charge in [-0.15, -0.1) is 0 Å². The van der Waals surface area contributed by atoms with Crippen LogP contribution in [0.3, 0.4) is 0 Å². The van der Waals surface area contributed by atoms with Crippen molar-refractivity contribution in [2.45, 2.75) is 26.2 Å². The number of nitrogens with two attached hydrogens (primary N) is 1. The standard InChI is InChI=1S/C13H19N3O3S/c1-9-4-2-7-12(9)13(17)15-10-5-3-6-11(8-10)16-20(14,18)19/h3,5-6,8-9,12,16H,2,4,7H2,1H3,(H,15,17)(H2,14,18,19). The summed E-state index contributed by atoms with van der Waals surface area (Å²) in [5.41, 5.74) is 0.882. The summed E-state index contributed by atoms with van der Waals surface area (Å²) < 4.78 is 24.1. The number of hydrogen-bond acceptors (Lipinski definition) is 3. The minimum Gasteiger partial charge on any atom is -0.326 e. The molecule has 1 aromatic rings. The van der Waals surface area contributed by atoms with Gasteiger partial charge in [-0.1, -0.05) is 19.4 Å². The normalized spacial score (nSPS) is 22.5. The number of nitrogens with one attached hydrogen (secondary N) is 2. The van der Waals surface area contributed by atoms with Crippen molar-refractivity contribution in [3.63, 3.8) is 0 Å². The van der Waals surface area contributed by atoms with Crippen molar-refractivity contribution in [3.8, 4) is 0 Å². The predicted octanol–water partition coefficient (Wildman–Crippen LogP) is 1.68. The second-order valence-corrected chi connectivity index (χ2v) is 6.53. The number of carbonyl (C=O) groups excluding carboxylic acids is 1. The van der Waals surface area contributed by atoms with Gasteiger partial charge in [-0.2, -0.15) is 8.42 Å². The molecule has 0 radical (unpaired) electrons. The van der Waals surface area contributed by atoms with E-state index in [4.69, 9.17) is 5.14 Å². The van der Waals surface area contributed by atoms with E-state index in [1.165, 1.54) is 0 Å². The molecule has 1 saturated carbocycles. The van der Waals surface area contributed by atoms with E-state index in [1.54, 1.807) is 24.3 Å². The minimum atomic E-state index is -3.81. The molecule has 6 nitrogen and oxygen atoms in total. The number of hydrogen-bond donors (Lipinski definition) is 3. The third kappa shape index (κ3) is 3.94. The molecule has 110 valence electrons. The summed E-state index contributed by atoms with van der Waals surface area (Å²) in [4.78, 5) is 12.1. The molecule has 1 aliphatic carbocycles. The van der Waals surface area contributed by atoms with E-state index in [9.17, 15) is 13.2 Å². The van der Waals surface area contributed by atoms with Crippen LogP contribution in [0.15, 0.2) is 24.3 Å². The molecule has 2 atom stereocenters. The fraction of sp³-hybridized carbons (Fsp3) is 0.462. The van der Waals surface area contributed by atoms with Crippen molar-refractivity contribution in [2.24, 2.45) is 17.0 Å². The lowest BCUT2D eigenvalue weighted by atomic mass is 9.97. The first-order valence-corrected chi connectivity index (χ1v) is 8.11. The Hall–Kier alpha value is -1.60. The van der Waals surface area contributed by atoms with Gasteiger partial charge in [0.05, 0.1) is 5.69 Å². The zero-order valence-electron chi connectivity index (χ0n) is 11.3. The lowest BCUT2D eigenvalue weighted by Crippen LogP contribution is -2.25. The van der Waals surface area contributed by atoms with Gasteiger partial charge in [0.25, 0.3) is 10.2 Å². The molecule has 7 heteroatoms. The molecule has 1 fully saturated rings. The second-order valence-electron chi connectivity index (χ2n) is 5.23. The number of benzene rings is 1. The summed E-state index contributed by atoms with van der Waals surface area (Å²) >= 11 is 0. The van der Waals surface area contributed by atoms with E-state index in [0.717, 1.165) is 19.3 Å². The fourth-order valence-electron chi connectivity index (χ4n) is 2.59. The van der Waals surface area contributed by atoms with Gasteiger partial charge in [0.15, 0.2) is 0 Å². The van der Waals surface area contributed by atoms with Gasteiger partial charge in [-0.25, -0.2) is 5.14 Å². The summed E-state index contributed by atoms with van der Waals surface area (Å²) in [6, 6.07) is 6.48. The van der Waals surface area contributed by atoms with Crippen LogP contribution in [0.2, 0.25) is 0 Å². The smallest absolute Gasteiger partial charge is 0.296 e. The lowest BCUT2D eigenvalue weighted by Gasteiger charge is -2.15. The van der Waals surface area contributed by atoms with E-state index < -0.39 is 10.2 Å². The van der Waals surface area contributed by atoms with Crippen LogP contribution in [-0.2, 0) is 15.0 Å². The Bertz CT molecular complexity index is 601. The molecule has 1 aromatic carbocycles. The molecular formula is C13H19N3O3S. The fourth-order valence-corrected chi connectivity index (χ4v) is 3.05.